The Kier molecular flexibility index (Phi) is 7.55. The van der Waals surface area contributed by atoms with Gasteiger partial charge in [-0.1, -0.05) is 6.42 Å². The van der Waals surface area contributed by atoms with Gasteiger partial charge in [-0.25, -0.2) is 26.9 Å². The minimum atomic E-state index is -3.48. The van der Waals surface area contributed by atoms with Crippen LogP contribution in [0.25, 0.3) is 56.0 Å². The van der Waals surface area contributed by atoms with Gasteiger partial charge < -0.3 is 4.98 Å². The normalized spacial score (nSPS) is 14.5. The molecular weight excluding hydrogens is 600 g/mol. The zero-order valence-corrected chi connectivity index (χ0v) is 25.1. The molecule has 45 heavy (non-hydrogen) atoms. The van der Waals surface area contributed by atoms with Crippen molar-refractivity contribution in [2.75, 3.05) is 19.3 Å². The number of halogens is 2. The van der Waals surface area contributed by atoms with Crippen molar-refractivity contribution in [1.29, 1.82) is 0 Å². The number of rotatable bonds is 8. The number of sulfonamides is 1. The predicted octanol–water partition coefficient (Wildman–Crippen LogP) is 4.94. The molecule has 0 atom stereocenters. The Balaban J connectivity index is 1.26. The molecule has 7 rings (SSSR count). The molecule has 3 N–H and O–H groups in total. The first kappa shape index (κ1) is 29.1. The fourth-order valence-electron chi connectivity index (χ4n) is 5.79. The van der Waals surface area contributed by atoms with Crippen molar-refractivity contribution in [3.05, 3.63) is 77.9 Å². The third-order valence-electron chi connectivity index (χ3n) is 7.86. The summed E-state index contributed by atoms with van der Waals surface area (Å²) in [4.78, 5) is 23.5. The van der Waals surface area contributed by atoms with Gasteiger partial charge in [0.25, 0.3) is 0 Å². The SMILES string of the molecule is CS(=O)(=O)NCc1cc(F)cc(-c2nccc3[nH]c(-c4n[nH]c5cnc(-c6cncc(CN7CCCCC7)c6)c(F)c45)nc23)c1. The number of hydrogen-bond acceptors (Lipinski definition) is 8. The first-order chi connectivity index (χ1) is 21.7. The van der Waals surface area contributed by atoms with Crippen molar-refractivity contribution in [2.45, 2.75) is 32.4 Å². The largest absolute Gasteiger partial charge is 0.336 e. The topological polar surface area (TPSA) is 145 Å². The first-order valence-corrected chi connectivity index (χ1v) is 16.4. The van der Waals surface area contributed by atoms with E-state index in [1.54, 1.807) is 24.5 Å². The van der Waals surface area contributed by atoms with E-state index in [9.17, 15) is 12.8 Å². The molecule has 0 saturated carbocycles. The standard InChI is InChI=1S/C31H29F2N9O2S/c1-45(43,44)37-14-18-9-20(12-22(32)11-18)28-29-23(5-6-35-28)38-31(39-29)30-25-24(40-41-30)16-36-27(26(25)33)21-10-19(13-34-15-21)17-42-7-3-2-4-8-42/h5-6,9-13,15-16,37H,2-4,7-8,14,17H2,1H3,(H,38,39)(H,40,41). The van der Waals surface area contributed by atoms with Gasteiger partial charge in [-0.15, -0.1) is 0 Å². The summed E-state index contributed by atoms with van der Waals surface area (Å²) >= 11 is 0. The van der Waals surface area contributed by atoms with Crippen LogP contribution in [-0.4, -0.2) is 67.8 Å². The highest BCUT2D eigenvalue weighted by Gasteiger charge is 2.22. The third kappa shape index (κ3) is 6.03. The summed E-state index contributed by atoms with van der Waals surface area (Å²) in [6, 6.07) is 7.83. The number of imidazole rings is 1. The molecule has 0 aliphatic carbocycles. The quantitative estimate of drug-likeness (QED) is 0.215. The molecule has 0 unspecified atom stereocenters. The van der Waals surface area contributed by atoms with Crippen LogP contribution >= 0.6 is 0 Å². The van der Waals surface area contributed by atoms with Crippen molar-refractivity contribution in [1.82, 2.24) is 44.7 Å². The summed E-state index contributed by atoms with van der Waals surface area (Å²) in [5.74, 6) is -0.823. The molecule has 1 fully saturated rings. The minimum absolute atomic E-state index is 0.0863. The predicted molar refractivity (Wildman–Crippen MR) is 166 cm³/mol. The molecule has 14 heteroatoms. The lowest BCUT2D eigenvalue weighted by atomic mass is 10.1. The zero-order valence-electron chi connectivity index (χ0n) is 24.3. The van der Waals surface area contributed by atoms with E-state index in [1.165, 1.54) is 37.6 Å². The number of benzene rings is 1. The molecule has 1 saturated heterocycles. The Morgan fingerprint density at radius 3 is 2.56 bits per heavy atom. The summed E-state index contributed by atoms with van der Waals surface area (Å²) in [7, 11) is -3.48. The summed E-state index contributed by atoms with van der Waals surface area (Å²) < 4.78 is 56.4. The number of fused-ring (bicyclic) bond motifs is 2. The van der Waals surface area contributed by atoms with Crippen molar-refractivity contribution < 1.29 is 17.2 Å². The van der Waals surface area contributed by atoms with Crippen molar-refractivity contribution in [3.8, 4) is 34.0 Å². The maximum atomic E-state index is 16.3. The second kappa shape index (κ2) is 11.7. The van der Waals surface area contributed by atoms with Gasteiger partial charge in [-0.05, 0) is 67.4 Å². The van der Waals surface area contributed by atoms with E-state index >= 15 is 4.39 Å². The van der Waals surface area contributed by atoms with Crippen LogP contribution in [0.2, 0.25) is 0 Å². The lowest BCUT2D eigenvalue weighted by Crippen LogP contribution is -2.29. The van der Waals surface area contributed by atoms with Gasteiger partial charge in [-0.2, -0.15) is 5.10 Å². The Bertz CT molecular complexity index is 2160. The highest BCUT2D eigenvalue weighted by Crippen LogP contribution is 2.34. The number of nitrogens with zero attached hydrogens (tertiary/aromatic N) is 6. The Hall–Kier alpha value is -4.66. The van der Waals surface area contributed by atoms with Crippen LogP contribution in [0.5, 0.6) is 0 Å². The van der Waals surface area contributed by atoms with Crippen LogP contribution in [0, 0.1) is 11.6 Å². The monoisotopic (exact) mass is 629 g/mol. The summed E-state index contributed by atoms with van der Waals surface area (Å²) in [5.41, 5.74) is 4.56. The molecule has 0 radical (unpaired) electrons. The highest BCUT2D eigenvalue weighted by molar-refractivity contribution is 7.88. The lowest BCUT2D eigenvalue weighted by molar-refractivity contribution is 0.220. The maximum absolute atomic E-state index is 16.3. The van der Waals surface area contributed by atoms with Crippen LogP contribution in [0.15, 0.2) is 55.1 Å². The second-order valence-corrected chi connectivity index (χ2v) is 13.1. The molecule has 6 heterocycles. The highest BCUT2D eigenvalue weighted by atomic mass is 32.2. The smallest absolute Gasteiger partial charge is 0.209 e. The maximum Gasteiger partial charge on any atom is 0.209 e. The van der Waals surface area contributed by atoms with Gasteiger partial charge in [0.15, 0.2) is 11.6 Å². The molecule has 5 aromatic heterocycles. The molecule has 230 valence electrons. The van der Waals surface area contributed by atoms with E-state index < -0.39 is 21.7 Å². The van der Waals surface area contributed by atoms with E-state index in [1.807, 2.05) is 12.3 Å². The van der Waals surface area contributed by atoms with Crippen LogP contribution in [0.3, 0.4) is 0 Å². The van der Waals surface area contributed by atoms with E-state index in [0.717, 1.165) is 31.5 Å². The second-order valence-electron chi connectivity index (χ2n) is 11.3. The zero-order chi connectivity index (χ0) is 31.1. The number of hydrogen-bond donors (Lipinski definition) is 3. The van der Waals surface area contributed by atoms with E-state index in [0.29, 0.717) is 38.9 Å². The Morgan fingerprint density at radius 1 is 0.911 bits per heavy atom. The van der Waals surface area contributed by atoms with Crippen LogP contribution < -0.4 is 4.72 Å². The van der Waals surface area contributed by atoms with Gasteiger partial charge in [0, 0.05) is 42.8 Å². The summed E-state index contributed by atoms with van der Waals surface area (Å²) in [6.07, 6.45) is 11.1. The Morgan fingerprint density at radius 2 is 1.73 bits per heavy atom. The molecule has 6 aromatic rings. The number of pyridine rings is 3. The average Bonchev–Trinajstić information content (AvgIpc) is 3.65. The van der Waals surface area contributed by atoms with Gasteiger partial charge in [0.2, 0.25) is 10.0 Å². The van der Waals surface area contributed by atoms with E-state index in [4.69, 9.17) is 4.98 Å². The lowest BCUT2D eigenvalue weighted by Gasteiger charge is -2.26. The van der Waals surface area contributed by atoms with Gasteiger partial charge >= 0.3 is 0 Å². The number of H-pyrrole nitrogens is 2. The van der Waals surface area contributed by atoms with Gasteiger partial charge in [0.05, 0.1) is 34.6 Å². The molecule has 0 amide bonds. The molecular formula is C31H29F2N9O2S. The van der Waals surface area contributed by atoms with Gasteiger partial charge in [-0.3, -0.25) is 25.0 Å². The summed E-state index contributed by atoms with van der Waals surface area (Å²) in [5, 5.41) is 7.43. The minimum Gasteiger partial charge on any atom is -0.336 e. The number of aromatic nitrogens is 7. The molecule has 11 nitrogen and oxygen atoms in total. The van der Waals surface area contributed by atoms with Crippen molar-refractivity contribution >= 4 is 32.0 Å². The fraction of sp³-hybridized carbons (Fsp3) is 0.258. The van der Waals surface area contributed by atoms with E-state index in [-0.39, 0.29) is 29.1 Å². The van der Waals surface area contributed by atoms with Crippen LogP contribution in [-0.2, 0) is 23.1 Å². The molecule has 0 spiro atoms. The molecule has 1 aromatic carbocycles. The Labute approximate surface area is 257 Å². The number of likely N-dealkylation sites (tertiary alicyclic amines) is 1. The van der Waals surface area contributed by atoms with Gasteiger partial charge in [0.1, 0.15) is 22.7 Å². The number of aromatic amines is 2. The van der Waals surface area contributed by atoms with E-state index in [2.05, 4.69) is 39.8 Å². The van der Waals surface area contributed by atoms with Crippen LogP contribution in [0.1, 0.15) is 30.4 Å². The number of piperidine rings is 1. The van der Waals surface area contributed by atoms with Crippen LogP contribution in [0.4, 0.5) is 8.78 Å². The molecule has 1 aliphatic rings. The fourth-order valence-corrected chi connectivity index (χ4v) is 6.22. The summed E-state index contributed by atoms with van der Waals surface area (Å²) in [6.45, 7) is 2.74. The third-order valence-corrected chi connectivity index (χ3v) is 8.53. The van der Waals surface area contributed by atoms with Crippen molar-refractivity contribution in [2.24, 2.45) is 0 Å². The van der Waals surface area contributed by atoms with Crippen molar-refractivity contribution in [3.63, 3.8) is 0 Å². The molecule has 0 bridgehead atoms. The molecule has 1 aliphatic heterocycles. The number of nitrogens with one attached hydrogen (secondary N) is 3. The average molecular weight is 630 g/mol. The first-order valence-electron chi connectivity index (χ1n) is 14.5.